The zero-order valence-electron chi connectivity index (χ0n) is 16.5. The number of carbonyl (C=O) groups is 4. The molecular weight excluding hydrogens is 505 g/mol. The minimum absolute atomic E-state index is 0.0720. The normalized spacial score (nSPS) is 21.2. The van der Waals surface area contributed by atoms with E-state index in [-0.39, 0.29) is 5.70 Å². The van der Waals surface area contributed by atoms with Gasteiger partial charge in [0.05, 0.1) is 0 Å². The third-order valence-corrected chi connectivity index (χ3v) is 6.43. The number of nitrogens with one attached hydrogen (secondary N) is 2. The molecule has 0 bridgehead atoms. The molecule has 0 spiro atoms. The van der Waals surface area contributed by atoms with E-state index in [1.165, 1.54) is 11.8 Å². The van der Waals surface area contributed by atoms with Gasteiger partial charge in [-0.1, -0.05) is 65.1 Å². The summed E-state index contributed by atoms with van der Waals surface area (Å²) in [6, 6.07) is 6.14. The fraction of sp³-hybridized carbons (Fsp3) is 0.368. The smallest absolute Gasteiger partial charge is 0.408 e. The summed E-state index contributed by atoms with van der Waals surface area (Å²) >= 11 is 18.1. The van der Waals surface area contributed by atoms with Crippen molar-refractivity contribution in [3.63, 3.8) is 0 Å². The molecular formula is C19H18Cl3N3O6S. The summed E-state index contributed by atoms with van der Waals surface area (Å²) in [5.41, 5.74) is 0.924. The summed E-state index contributed by atoms with van der Waals surface area (Å²) in [5, 5.41) is 13.9. The lowest BCUT2D eigenvalue weighted by Gasteiger charge is -2.49. The van der Waals surface area contributed by atoms with Gasteiger partial charge in [0.15, 0.2) is 0 Å². The van der Waals surface area contributed by atoms with Crippen LogP contribution in [0.4, 0.5) is 4.79 Å². The van der Waals surface area contributed by atoms with Gasteiger partial charge in [0.2, 0.25) is 9.70 Å². The minimum Gasteiger partial charge on any atom is -0.477 e. The number of alkyl carbamates (subject to hydrolysis) is 1. The third-order valence-electron chi connectivity index (χ3n) is 4.68. The zero-order chi connectivity index (χ0) is 23.6. The number of hydrogen-bond donors (Lipinski definition) is 3. The van der Waals surface area contributed by atoms with E-state index in [2.05, 4.69) is 10.6 Å². The van der Waals surface area contributed by atoms with Crippen LogP contribution in [-0.4, -0.2) is 61.5 Å². The Bertz CT molecular complexity index is 969. The second-order valence-corrected chi connectivity index (χ2v) is 10.6. The molecule has 0 saturated carbocycles. The molecule has 1 saturated heterocycles. The number of fused-ring (bicyclic) bond motifs is 1. The number of nitrogens with zero attached hydrogens (tertiary/aromatic N) is 1. The Kier molecular flexibility index (Phi) is 7.49. The second kappa shape index (κ2) is 9.78. The van der Waals surface area contributed by atoms with Gasteiger partial charge in [-0.2, -0.15) is 0 Å². The summed E-state index contributed by atoms with van der Waals surface area (Å²) in [7, 11) is 0. The number of alkyl halides is 3. The van der Waals surface area contributed by atoms with Crippen LogP contribution in [0.3, 0.4) is 0 Å². The molecule has 9 nitrogen and oxygen atoms in total. The fourth-order valence-corrected chi connectivity index (χ4v) is 4.72. The Labute approximate surface area is 202 Å². The monoisotopic (exact) mass is 521 g/mol. The molecule has 1 fully saturated rings. The molecule has 2 aliphatic rings. The summed E-state index contributed by atoms with van der Waals surface area (Å²) in [5.74, 6) is -2.01. The lowest BCUT2D eigenvalue weighted by molar-refractivity contribution is -0.151. The highest BCUT2D eigenvalue weighted by Crippen LogP contribution is 2.40. The van der Waals surface area contributed by atoms with Gasteiger partial charge in [-0.3, -0.25) is 14.5 Å². The molecule has 3 N–H and O–H groups in total. The Hall–Kier alpha value is -2.14. The van der Waals surface area contributed by atoms with Crippen LogP contribution in [0.5, 0.6) is 0 Å². The average Bonchev–Trinajstić information content (AvgIpc) is 2.73. The number of carboxylic acid groups (broad SMARTS) is 1. The van der Waals surface area contributed by atoms with Crippen LogP contribution in [0, 0.1) is 0 Å². The minimum atomic E-state index is -1.82. The predicted molar refractivity (Wildman–Crippen MR) is 119 cm³/mol. The Morgan fingerprint density at radius 2 is 1.94 bits per heavy atom. The van der Waals surface area contributed by atoms with Crippen molar-refractivity contribution < 1.29 is 29.0 Å². The maximum atomic E-state index is 13.0. The number of hydrogen-bond acceptors (Lipinski definition) is 6. The van der Waals surface area contributed by atoms with E-state index < -0.39 is 51.7 Å². The first kappa shape index (κ1) is 24.5. The van der Waals surface area contributed by atoms with Gasteiger partial charge in [0, 0.05) is 5.75 Å². The van der Waals surface area contributed by atoms with Gasteiger partial charge in [-0.05, 0) is 18.1 Å². The predicted octanol–water partition coefficient (Wildman–Crippen LogP) is 2.58. The van der Waals surface area contributed by atoms with Crippen molar-refractivity contribution in [2.45, 2.75) is 28.2 Å². The first-order valence-corrected chi connectivity index (χ1v) is 11.4. The van der Waals surface area contributed by atoms with Crippen LogP contribution in [-0.2, 0) is 19.1 Å². The van der Waals surface area contributed by atoms with Crippen molar-refractivity contribution in [3.05, 3.63) is 47.2 Å². The molecule has 0 aromatic heterocycles. The number of amides is 3. The Morgan fingerprint density at radius 3 is 2.53 bits per heavy atom. The quantitative estimate of drug-likeness (QED) is 0.387. The summed E-state index contributed by atoms with van der Waals surface area (Å²) in [6.45, 7) is 1.11. The maximum absolute atomic E-state index is 13.0. The molecule has 13 heteroatoms. The van der Waals surface area contributed by atoms with Gasteiger partial charge in [-0.25, -0.2) is 9.59 Å². The van der Waals surface area contributed by atoms with Crippen LogP contribution in [0.1, 0.15) is 18.5 Å². The van der Waals surface area contributed by atoms with Crippen molar-refractivity contribution in [1.29, 1.82) is 0 Å². The van der Waals surface area contributed by atoms with Crippen molar-refractivity contribution in [2.24, 2.45) is 0 Å². The molecule has 32 heavy (non-hydrogen) atoms. The van der Waals surface area contributed by atoms with E-state index in [1.54, 1.807) is 37.3 Å². The SMILES string of the molecule is CC1=C(C(=O)O)N2C(=O)C(NC(=O)C(NC(=O)OCC(Cl)(Cl)Cl)c3ccccc3)[C@H]2SC1. The zero-order valence-corrected chi connectivity index (χ0v) is 19.6. The molecule has 1 aromatic rings. The molecule has 1 aromatic carbocycles. The largest absolute Gasteiger partial charge is 0.477 e. The Balaban J connectivity index is 1.73. The number of thioether (sulfide) groups is 1. The number of aliphatic carboxylic acids is 1. The van der Waals surface area contributed by atoms with E-state index in [1.807, 2.05) is 0 Å². The Morgan fingerprint density at radius 1 is 1.28 bits per heavy atom. The molecule has 2 unspecified atom stereocenters. The topological polar surface area (TPSA) is 125 Å². The molecule has 2 heterocycles. The number of β-lactam (4-membered cyclic amide) rings is 1. The first-order chi connectivity index (χ1) is 15.0. The lowest BCUT2D eigenvalue weighted by Crippen LogP contribution is -2.71. The highest BCUT2D eigenvalue weighted by Gasteiger charge is 2.54. The molecule has 2 aliphatic heterocycles. The second-order valence-electron chi connectivity index (χ2n) is 7.01. The average molecular weight is 523 g/mol. The summed E-state index contributed by atoms with van der Waals surface area (Å²) in [4.78, 5) is 50.5. The van der Waals surface area contributed by atoms with Crippen LogP contribution in [0.2, 0.25) is 0 Å². The standard InChI is InChI=1S/C19H18Cl3N3O6S/c1-9-7-32-16-12(15(27)25(16)13(9)17(28)29)23-14(26)11(10-5-3-2-4-6-10)24-18(30)31-8-19(20,21)22/h2-6,11-12,16H,7-8H2,1H3,(H,23,26)(H,24,30)(H,28,29)/t11?,12?,16-/m1/s1. The van der Waals surface area contributed by atoms with Gasteiger partial charge in [0.1, 0.15) is 29.8 Å². The van der Waals surface area contributed by atoms with Gasteiger partial charge < -0.3 is 20.5 Å². The van der Waals surface area contributed by atoms with E-state index in [0.717, 1.165) is 4.90 Å². The molecule has 0 aliphatic carbocycles. The molecule has 3 rings (SSSR count). The van der Waals surface area contributed by atoms with Crippen molar-refractivity contribution >= 4 is 70.4 Å². The summed E-state index contributed by atoms with van der Waals surface area (Å²) in [6.07, 6.45) is -0.999. The maximum Gasteiger partial charge on any atom is 0.408 e. The van der Waals surface area contributed by atoms with E-state index in [0.29, 0.717) is 16.9 Å². The lowest BCUT2D eigenvalue weighted by atomic mass is 10.0. The molecule has 3 atom stereocenters. The van der Waals surface area contributed by atoms with Crippen LogP contribution < -0.4 is 10.6 Å². The fourth-order valence-electron chi connectivity index (χ4n) is 3.26. The highest BCUT2D eigenvalue weighted by atomic mass is 35.6. The van der Waals surface area contributed by atoms with E-state index in [9.17, 15) is 24.3 Å². The third kappa shape index (κ3) is 5.43. The molecule has 172 valence electrons. The van der Waals surface area contributed by atoms with Crippen LogP contribution in [0.15, 0.2) is 41.6 Å². The number of rotatable bonds is 6. The van der Waals surface area contributed by atoms with Gasteiger partial charge >= 0.3 is 12.1 Å². The van der Waals surface area contributed by atoms with Crippen molar-refractivity contribution in [2.75, 3.05) is 12.4 Å². The summed E-state index contributed by atoms with van der Waals surface area (Å²) < 4.78 is 3.01. The number of benzene rings is 1. The highest BCUT2D eigenvalue weighted by molar-refractivity contribution is 8.00. The van der Waals surface area contributed by atoms with E-state index >= 15 is 0 Å². The first-order valence-electron chi connectivity index (χ1n) is 9.22. The number of carboxylic acids is 1. The van der Waals surface area contributed by atoms with Crippen LogP contribution >= 0.6 is 46.6 Å². The van der Waals surface area contributed by atoms with Crippen molar-refractivity contribution in [3.8, 4) is 0 Å². The number of ether oxygens (including phenoxy) is 1. The number of carbonyl (C=O) groups excluding carboxylic acids is 3. The van der Waals surface area contributed by atoms with Crippen LogP contribution in [0.25, 0.3) is 0 Å². The number of halogens is 3. The van der Waals surface area contributed by atoms with Gasteiger partial charge in [0.25, 0.3) is 5.91 Å². The van der Waals surface area contributed by atoms with Crippen molar-refractivity contribution in [1.82, 2.24) is 15.5 Å². The molecule has 3 amide bonds. The van der Waals surface area contributed by atoms with E-state index in [4.69, 9.17) is 39.5 Å². The molecule has 0 radical (unpaired) electrons. The van der Waals surface area contributed by atoms with Gasteiger partial charge in [-0.15, -0.1) is 11.8 Å².